The molecule has 0 heterocycles. The summed E-state index contributed by atoms with van der Waals surface area (Å²) < 4.78 is 28.7. The molecule has 0 aliphatic heterocycles. The van der Waals surface area contributed by atoms with Crippen LogP contribution in [-0.4, -0.2) is 44.3 Å². The molecule has 2 amide bonds. The normalized spacial score (nSPS) is 12.0. The Morgan fingerprint density at radius 1 is 0.974 bits per heavy atom. The highest BCUT2D eigenvalue weighted by atomic mass is 35.5. The fourth-order valence-corrected chi connectivity index (χ4v) is 5.64. The number of amides is 2. The highest BCUT2D eigenvalue weighted by molar-refractivity contribution is 7.92. The lowest BCUT2D eigenvalue weighted by molar-refractivity contribution is -0.139. The summed E-state index contributed by atoms with van der Waals surface area (Å²) in [5.41, 5.74) is 1.77. The maximum Gasteiger partial charge on any atom is 0.264 e. The molecule has 0 spiro atoms. The van der Waals surface area contributed by atoms with Gasteiger partial charge in [0.25, 0.3) is 10.0 Å². The van der Waals surface area contributed by atoms with Crippen molar-refractivity contribution in [3.05, 3.63) is 95.0 Å². The van der Waals surface area contributed by atoms with Crippen molar-refractivity contribution in [2.24, 2.45) is 0 Å². The van der Waals surface area contributed by atoms with Crippen molar-refractivity contribution in [3.63, 3.8) is 0 Å². The Balaban J connectivity index is 2.01. The number of halogens is 1. The molecule has 0 aromatic heterocycles. The number of unbranched alkanes of at least 4 members (excludes halogenated alkanes) is 1. The van der Waals surface area contributed by atoms with E-state index in [0.717, 1.165) is 22.7 Å². The van der Waals surface area contributed by atoms with Crippen molar-refractivity contribution < 1.29 is 18.0 Å². The van der Waals surface area contributed by atoms with Crippen LogP contribution in [0.15, 0.2) is 83.8 Å². The monoisotopic (exact) mass is 555 g/mol. The van der Waals surface area contributed by atoms with Gasteiger partial charge in [-0.25, -0.2) is 8.42 Å². The van der Waals surface area contributed by atoms with E-state index in [4.69, 9.17) is 11.6 Å². The molecule has 1 atom stereocenters. The first-order valence-electron chi connectivity index (χ1n) is 12.6. The van der Waals surface area contributed by atoms with Crippen molar-refractivity contribution >= 4 is 39.1 Å². The summed E-state index contributed by atoms with van der Waals surface area (Å²) in [5, 5.41) is 3.22. The molecule has 38 heavy (non-hydrogen) atoms. The third kappa shape index (κ3) is 7.36. The predicted octanol–water partition coefficient (Wildman–Crippen LogP) is 5.18. The summed E-state index contributed by atoms with van der Waals surface area (Å²) in [6.45, 7) is 5.59. The fraction of sp³-hybridized carbons (Fsp3) is 0.310. The van der Waals surface area contributed by atoms with Gasteiger partial charge in [0.1, 0.15) is 12.6 Å². The van der Waals surface area contributed by atoms with Crippen LogP contribution in [0.4, 0.5) is 5.69 Å². The van der Waals surface area contributed by atoms with Crippen LogP contribution in [0.5, 0.6) is 0 Å². The summed E-state index contributed by atoms with van der Waals surface area (Å²) in [5.74, 6) is -0.801. The topological polar surface area (TPSA) is 86.8 Å². The van der Waals surface area contributed by atoms with E-state index in [1.165, 1.54) is 23.1 Å². The molecular formula is C29H34ClN3O4S. The van der Waals surface area contributed by atoms with Gasteiger partial charge in [-0.15, -0.1) is 0 Å². The van der Waals surface area contributed by atoms with Gasteiger partial charge in [0.05, 0.1) is 10.6 Å². The Morgan fingerprint density at radius 3 is 2.24 bits per heavy atom. The SMILES string of the molecule is CCCCNC(=O)[C@H](C)N(Cc1ccccc1)C(=O)CN(c1cc(Cl)ccc1C)S(=O)(=O)c1ccccc1. The van der Waals surface area contributed by atoms with Crippen LogP contribution in [0, 0.1) is 6.92 Å². The van der Waals surface area contributed by atoms with Crippen molar-refractivity contribution in [2.75, 3.05) is 17.4 Å². The van der Waals surface area contributed by atoms with Crippen LogP contribution in [0.2, 0.25) is 5.02 Å². The molecule has 202 valence electrons. The predicted molar refractivity (Wildman–Crippen MR) is 152 cm³/mol. The van der Waals surface area contributed by atoms with E-state index in [9.17, 15) is 18.0 Å². The average Bonchev–Trinajstić information content (AvgIpc) is 2.92. The van der Waals surface area contributed by atoms with Gasteiger partial charge in [-0.3, -0.25) is 13.9 Å². The Hall–Kier alpha value is -3.36. The zero-order chi connectivity index (χ0) is 27.7. The summed E-state index contributed by atoms with van der Waals surface area (Å²) in [7, 11) is -4.13. The summed E-state index contributed by atoms with van der Waals surface area (Å²) >= 11 is 6.25. The molecule has 1 N–H and O–H groups in total. The number of nitrogens with zero attached hydrogens (tertiary/aromatic N) is 2. The Kier molecular flexibility index (Phi) is 10.3. The summed E-state index contributed by atoms with van der Waals surface area (Å²) in [6.07, 6.45) is 1.74. The van der Waals surface area contributed by atoms with E-state index in [1.54, 1.807) is 44.2 Å². The molecule has 3 rings (SSSR count). The minimum atomic E-state index is -4.13. The minimum Gasteiger partial charge on any atom is -0.354 e. The van der Waals surface area contributed by atoms with E-state index < -0.39 is 28.5 Å². The molecule has 0 aliphatic carbocycles. The minimum absolute atomic E-state index is 0.0483. The van der Waals surface area contributed by atoms with Crippen LogP contribution in [0.25, 0.3) is 0 Å². The van der Waals surface area contributed by atoms with Crippen molar-refractivity contribution in [1.82, 2.24) is 10.2 Å². The lowest BCUT2D eigenvalue weighted by Crippen LogP contribution is -2.51. The summed E-state index contributed by atoms with van der Waals surface area (Å²) in [6, 6.07) is 21.3. The molecule has 0 bridgehead atoms. The van der Waals surface area contributed by atoms with Crippen LogP contribution in [0.3, 0.4) is 0 Å². The van der Waals surface area contributed by atoms with Crippen molar-refractivity contribution in [1.29, 1.82) is 0 Å². The average molecular weight is 556 g/mol. The first kappa shape index (κ1) is 29.2. The Bertz CT molecular complexity index is 1330. The van der Waals surface area contributed by atoms with Gasteiger partial charge in [0.2, 0.25) is 11.8 Å². The second kappa shape index (κ2) is 13.4. The van der Waals surface area contributed by atoms with Gasteiger partial charge < -0.3 is 10.2 Å². The molecule has 0 saturated heterocycles. The number of hydrogen-bond donors (Lipinski definition) is 1. The second-order valence-electron chi connectivity index (χ2n) is 9.08. The van der Waals surface area contributed by atoms with Gasteiger partial charge in [0, 0.05) is 18.1 Å². The largest absolute Gasteiger partial charge is 0.354 e. The molecular weight excluding hydrogens is 522 g/mol. The fourth-order valence-electron chi connectivity index (χ4n) is 3.98. The number of hydrogen-bond acceptors (Lipinski definition) is 4. The Labute approximate surface area is 230 Å². The molecule has 9 heteroatoms. The number of sulfonamides is 1. The van der Waals surface area contributed by atoms with E-state index in [2.05, 4.69) is 5.32 Å². The number of nitrogens with one attached hydrogen (secondary N) is 1. The van der Waals surface area contributed by atoms with E-state index in [0.29, 0.717) is 22.8 Å². The van der Waals surface area contributed by atoms with Crippen LogP contribution < -0.4 is 9.62 Å². The molecule has 0 fully saturated rings. The molecule has 0 unspecified atom stereocenters. The number of benzene rings is 3. The lowest BCUT2D eigenvalue weighted by Gasteiger charge is -2.32. The van der Waals surface area contributed by atoms with Crippen molar-refractivity contribution in [3.8, 4) is 0 Å². The van der Waals surface area contributed by atoms with Gasteiger partial charge in [-0.2, -0.15) is 0 Å². The van der Waals surface area contributed by atoms with Gasteiger partial charge >= 0.3 is 0 Å². The smallest absolute Gasteiger partial charge is 0.264 e. The third-order valence-electron chi connectivity index (χ3n) is 6.24. The maximum absolute atomic E-state index is 13.9. The van der Waals surface area contributed by atoms with E-state index in [1.807, 2.05) is 37.3 Å². The van der Waals surface area contributed by atoms with Crippen LogP contribution in [0.1, 0.15) is 37.8 Å². The zero-order valence-corrected chi connectivity index (χ0v) is 23.5. The van der Waals surface area contributed by atoms with Crippen LogP contribution >= 0.6 is 11.6 Å². The second-order valence-corrected chi connectivity index (χ2v) is 11.4. The first-order valence-corrected chi connectivity index (χ1v) is 14.4. The number of carbonyl (C=O) groups is 2. The molecule has 3 aromatic carbocycles. The zero-order valence-electron chi connectivity index (χ0n) is 21.9. The lowest BCUT2D eigenvalue weighted by atomic mass is 10.1. The quantitative estimate of drug-likeness (QED) is 0.312. The highest BCUT2D eigenvalue weighted by Gasteiger charge is 2.33. The van der Waals surface area contributed by atoms with Crippen molar-refractivity contribution in [2.45, 2.75) is 51.1 Å². The molecule has 7 nitrogen and oxygen atoms in total. The third-order valence-corrected chi connectivity index (χ3v) is 8.25. The number of aryl methyl sites for hydroxylation is 1. The van der Waals surface area contributed by atoms with E-state index >= 15 is 0 Å². The number of carbonyl (C=O) groups excluding carboxylic acids is 2. The molecule has 0 saturated carbocycles. The number of rotatable bonds is 12. The summed E-state index contributed by atoms with van der Waals surface area (Å²) in [4.78, 5) is 28.3. The van der Waals surface area contributed by atoms with Gasteiger partial charge in [0.15, 0.2) is 0 Å². The van der Waals surface area contributed by atoms with Gasteiger partial charge in [-0.05, 0) is 55.7 Å². The van der Waals surface area contributed by atoms with E-state index in [-0.39, 0.29) is 17.3 Å². The molecule has 3 aromatic rings. The number of anilines is 1. The molecule has 0 aliphatic rings. The maximum atomic E-state index is 13.9. The molecule has 0 radical (unpaired) electrons. The Morgan fingerprint density at radius 2 is 1.61 bits per heavy atom. The first-order chi connectivity index (χ1) is 18.1. The van der Waals surface area contributed by atoms with Crippen LogP contribution in [-0.2, 0) is 26.2 Å². The highest BCUT2D eigenvalue weighted by Crippen LogP contribution is 2.30. The van der Waals surface area contributed by atoms with Gasteiger partial charge in [-0.1, -0.05) is 79.5 Å². The standard InChI is InChI=1S/C29H34ClN3O4S/c1-4-5-18-31-29(35)23(3)32(20-24-12-8-6-9-13-24)28(34)21-33(27-19-25(30)17-16-22(27)2)38(36,37)26-14-10-7-11-15-26/h6-17,19,23H,4-5,18,20-21H2,1-3H3,(H,31,35)/t23-/m0/s1.